The molecule has 0 aromatic heterocycles. The second kappa shape index (κ2) is 7.50. The van der Waals surface area contributed by atoms with Crippen LogP contribution in [0, 0.1) is 0 Å². The maximum Gasteiger partial charge on any atom is 0.407 e. The normalized spacial score (nSPS) is 12.8. The number of amides is 1. The van der Waals surface area contributed by atoms with E-state index in [2.05, 4.69) is 5.32 Å². The summed E-state index contributed by atoms with van der Waals surface area (Å²) in [6.45, 7) is 5.91. The lowest BCUT2D eigenvalue weighted by Gasteiger charge is -2.19. The van der Waals surface area contributed by atoms with E-state index in [1.165, 1.54) is 0 Å². The average molecular weight is 300 g/mol. The molecule has 20 heavy (non-hydrogen) atoms. The van der Waals surface area contributed by atoms with E-state index >= 15 is 0 Å². The van der Waals surface area contributed by atoms with Gasteiger partial charge in [0, 0.05) is 11.6 Å². The fourth-order valence-corrected chi connectivity index (χ4v) is 1.88. The lowest BCUT2D eigenvalue weighted by Crippen LogP contribution is -2.33. The SMILES string of the molecule is CC(C)(C)OC(=O)NCCCC(O)c1cccc(Cl)c1. The van der Waals surface area contributed by atoms with Crippen molar-refractivity contribution in [2.75, 3.05) is 6.54 Å². The minimum Gasteiger partial charge on any atom is -0.444 e. The molecule has 2 N–H and O–H groups in total. The van der Waals surface area contributed by atoms with Crippen LogP contribution in [0.1, 0.15) is 45.3 Å². The van der Waals surface area contributed by atoms with E-state index in [1.54, 1.807) is 18.2 Å². The summed E-state index contributed by atoms with van der Waals surface area (Å²) in [4.78, 5) is 11.4. The third-order valence-electron chi connectivity index (χ3n) is 2.56. The molecule has 112 valence electrons. The molecule has 5 heteroatoms. The van der Waals surface area contributed by atoms with Gasteiger partial charge in [-0.1, -0.05) is 23.7 Å². The Hall–Kier alpha value is -1.26. The first-order chi connectivity index (χ1) is 9.28. The summed E-state index contributed by atoms with van der Waals surface area (Å²) in [6.07, 6.45) is 0.201. The Morgan fingerprint density at radius 3 is 2.75 bits per heavy atom. The van der Waals surface area contributed by atoms with E-state index in [4.69, 9.17) is 16.3 Å². The first-order valence-corrected chi connectivity index (χ1v) is 7.06. The van der Waals surface area contributed by atoms with Crippen LogP contribution in [0.3, 0.4) is 0 Å². The van der Waals surface area contributed by atoms with Crippen molar-refractivity contribution in [2.24, 2.45) is 0 Å². The van der Waals surface area contributed by atoms with E-state index in [0.29, 0.717) is 24.4 Å². The van der Waals surface area contributed by atoms with Gasteiger partial charge in [0.1, 0.15) is 5.60 Å². The number of rotatable bonds is 5. The van der Waals surface area contributed by atoms with Gasteiger partial charge in [0.15, 0.2) is 0 Å². The molecule has 1 aromatic rings. The van der Waals surface area contributed by atoms with E-state index in [-0.39, 0.29) is 0 Å². The predicted octanol–water partition coefficient (Wildman–Crippen LogP) is 3.68. The summed E-state index contributed by atoms with van der Waals surface area (Å²) < 4.78 is 5.12. The summed E-state index contributed by atoms with van der Waals surface area (Å²) in [5, 5.41) is 13.3. The summed E-state index contributed by atoms with van der Waals surface area (Å²) in [7, 11) is 0. The van der Waals surface area contributed by atoms with Crippen LogP contribution in [0.5, 0.6) is 0 Å². The van der Waals surface area contributed by atoms with E-state index in [0.717, 1.165) is 5.56 Å². The maximum atomic E-state index is 11.4. The number of ether oxygens (including phenoxy) is 1. The Morgan fingerprint density at radius 1 is 1.45 bits per heavy atom. The van der Waals surface area contributed by atoms with Gasteiger partial charge in [-0.2, -0.15) is 0 Å². The Balaban J connectivity index is 2.26. The molecule has 0 heterocycles. The minimum absolute atomic E-state index is 0.435. The molecule has 0 saturated heterocycles. The molecular weight excluding hydrogens is 278 g/mol. The van der Waals surface area contributed by atoms with Crippen molar-refractivity contribution >= 4 is 17.7 Å². The Kier molecular flexibility index (Phi) is 6.30. The van der Waals surface area contributed by atoms with E-state index in [9.17, 15) is 9.90 Å². The zero-order valence-electron chi connectivity index (χ0n) is 12.1. The van der Waals surface area contributed by atoms with Crippen LogP contribution in [0.25, 0.3) is 0 Å². The predicted molar refractivity (Wildman–Crippen MR) is 79.9 cm³/mol. The number of benzene rings is 1. The molecule has 0 radical (unpaired) electrons. The van der Waals surface area contributed by atoms with Crippen LogP contribution >= 0.6 is 11.6 Å². The number of halogens is 1. The van der Waals surface area contributed by atoms with Crippen molar-refractivity contribution < 1.29 is 14.6 Å². The second-order valence-electron chi connectivity index (χ2n) is 5.64. The van der Waals surface area contributed by atoms with Crippen LogP contribution in [-0.2, 0) is 4.74 Å². The molecule has 0 aliphatic carbocycles. The van der Waals surface area contributed by atoms with Gasteiger partial charge in [-0.05, 0) is 51.3 Å². The molecule has 0 aliphatic rings. The lowest BCUT2D eigenvalue weighted by molar-refractivity contribution is 0.0523. The van der Waals surface area contributed by atoms with Gasteiger partial charge >= 0.3 is 6.09 Å². The number of carbonyl (C=O) groups is 1. The first kappa shape index (κ1) is 16.8. The molecule has 1 aromatic carbocycles. The third kappa shape index (κ3) is 6.78. The number of hydrogen-bond donors (Lipinski definition) is 2. The Morgan fingerprint density at radius 2 is 2.15 bits per heavy atom. The summed E-state index contributed by atoms with van der Waals surface area (Å²) in [6, 6.07) is 7.15. The number of aliphatic hydroxyl groups is 1. The van der Waals surface area contributed by atoms with E-state index in [1.807, 2.05) is 26.8 Å². The topological polar surface area (TPSA) is 58.6 Å². The van der Waals surface area contributed by atoms with Crippen LogP contribution in [-0.4, -0.2) is 23.3 Å². The van der Waals surface area contributed by atoms with Gasteiger partial charge in [0.2, 0.25) is 0 Å². The third-order valence-corrected chi connectivity index (χ3v) is 2.79. The van der Waals surface area contributed by atoms with Crippen LogP contribution in [0.15, 0.2) is 24.3 Å². The fourth-order valence-electron chi connectivity index (χ4n) is 1.68. The van der Waals surface area contributed by atoms with Crippen molar-refractivity contribution in [3.8, 4) is 0 Å². The Labute approximate surface area is 125 Å². The molecule has 0 bridgehead atoms. The summed E-state index contributed by atoms with van der Waals surface area (Å²) >= 11 is 5.87. The van der Waals surface area contributed by atoms with Crippen molar-refractivity contribution in [3.63, 3.8) is 0 Å². The monoisotopic (exact) mass is 299 g/mol. The maximum absolute atomic E-state index is 11.4. The molecule has 0 spiro atoms. The molecule has 0 aliphatic heterocycles. The number of aliphatic hydroxyl groups excluding tert-OH is 1. The fraction of sp³-hybridized carbons (Fsp3) is 0.533. The van der Waals surface area contributed by atoms with Crippen LogP contribution in [0.2, 0.25) is 5.02 Å². The lowest BCUT2D eigenvalue weighted by atomic mass is 10.1. The average Bonchev–Trinajstić information content (AvgIpc) is 2.32. The van der Waals surface area contributed by atoms with Gasteiger partial charge in [-0.25, -0.2) is 4.79 Å². The van der Waals surface area contributed by atoms with Crippen molar-refractivity contribution in [1.82, 2.24) is 5.32 Å². The smallest absolute Gasteiger partial charge is 0.407 e. The largest absolute Gasteiger partial charge is 0.444 e. The van der Waals surface area contributed by atoms with Crippen LogP contribution in [0.4, 0.5) is 4.79 Å². The summed E-state index contributed by atoms with van der Waals surface area (Å²) in [5.74, 6) is 0. The highest BCUT2D eigenvalue weighted by Crippen LogP contribution is 2.21. The molecule has 1 atom stereocenters. The molecule has 1 rings (SSSR count). The van der Waals surface area contributed by atoms with Gasteiger partial charge in [-0.15, -0.1) is 0 Å². The van der Waals surface area contributed by atoms with Crippen molar-refractivity contribution in [3.05, 3.63) is 34.9 Å². The number of nitrogens with one attached hydrogen (secondary N) is 1. The van der Waals surface area contributed by atoms with Crippen molar-refractivity contribution in [1.29, 1.82) is 0 Å². The zero-order chi connectivity index (χ0) is 15.2. The first-order valence-electron chi connectivity index (χ1n) is 6.68. The highest BCUT2D eigenvalue weighted by molar-refractivity contribution is 6.30. The van der Waals surface area contributed by atoms with Crippen LogP contribution < -0.4 is 5.32 Å². The minimum atomic E-state index is -0.575. The molecule has 1 unspecified atom stereocenters. The molecular formula is C15H22ClNO3. The highest BCUT2D eigenvalue weighted by Gasteiger charge is 2.15. The van der Waals surface area contributed by atoms with Crippen molar-refractivity contribution in [2.45, 2.75) is 45.3 Å². The second-order valence-corrected chi connectivity index (χ2v) is 6.08. The van der Waals surface area contributed by atoms with Gasteiger partial charge < -0.3 is 15.2 Å². The molecule has 0 fully saturated rings. The number of alkyl carbamates (subject to hydrolysis) is 1. The number of hydrogen-bond acceptors (Lipinski definition) is 3. The van der Waals surface area contributed by atoms with Gasteiger partial charge in [0.25, 0.3) is 0 Å². The molecule has 4 nitrogen and oxygen atoms in total. The Bertz CT molecular complexity index is 443. The van der Waals surface area contributed by atoms with Gasteiger partial charge in [-0.3, -0.25) is 0 Å². The quantitative estimate of drug-likeness (QED) is 0.815. The zero-order valence-corrected chi connectivity index (χ0v) is 12.9. The summed E-state index contributed by atoms with van der Waals surface area (Å²) in [5.41, 5.74) is 0.291. The number of carbonyl (C=O) groups excluding carboxylic acids is 1. The molecule has 1 amide bonds. The highest BCUT2D eigenvalue weighted by atomic mass is 35.5. The standard InChI is InChI=1S/C15H22ClNO3/c1-15(2,3)20-14(19)17-9-5-8-13(18)11-6-4-7-12(16)10-11/h4,6-7,10,13,18H,5,8-9H2,1-3H3,(H,17,19). The van der Waals surface area contributed by atoms with Gasteiger partial charge in [0.05, 0.1) is 6.10 Å². The molecule has 0 saturated carbocycles. The van der Waals surface area contributed by atoms with E-state index < -0.39 is 17.8 Å².